The van der Waals surface area contributed by atoms with Crippen LogP contribution in [0.1, 0.15) is 11.4 Å². The van der Waals surface area contributed by atoms with E-state index in [1.807, 2.05) is 31.7 Å². The SMILES string of the molecule is Cn1ccnc1CCNCc1c[nH]c2ncccc12. The summed E-state index contributed by atoms with van der Waals surface area (Å²) in [4.78, 5) is 11.8. The minimum Gasteiger partial charge on any atom is -0.346 e. The lowest BCUT2D eigenvalue weighted by Crippen LogP contribution is -2.18. The third-order valence-electron chi connectivity index (χ3n) is 3.30. The van der Waals surface area contributed by atoms with Gasteiger partial charge in [0.25, 0.3) is 0 Å². The topological polar surface area (TPSA) is 58.5 Å². The average molecular weight is 255 g/mol. The van der Waals surface area contributed by atoms with Crippen molar-refractivity contribution in [3.63, 3.8) is 0 Å². The van der Waals surface area contributed by atoms with Crippen molar-refractivity contribution < 1.29 is 0 Å². The van der Waals surface area contributed by atoms with Crippen molar-refractivity contribution in [1.82, 2.24) is 24.8 Å². The predicted molar refractivity (Wildman–Crippen MR) is 74.7 cm³/mol. The molecule has 0 spiro atoms. The molecule has 0 atom stereocenters. The number of H-pyrrole nitrogens is 1. The lowest BCUT2D eigenvalue weighted by atomic mass is 10.2. The van der Waals surface area contributed by atoms with Crippen LogP contribution in [0.5, 0.6) is 0 Å². The molecule has 3 aromatic rings. The van der Waals surface area contributed by atoms with E-state index in [0.717, 1.165) is 31.0 Å². The summed E-state index contributed by atoms with van der Waals surface area (Å²) < 4.78 is 2.05. The summed E-state index contributed by atoms with van der Waals surface area (Å²) in [6.45, 7) is 1.76. The largest absolute Gasteiger partial charge is 0.346 e. The van der Waals surface area contributed by atoms with Gasteiger partial charge >= 0.3 is 0 Å². The molecule has 0 saturated carbocycles. The number of pyridine rings is 1. The summed E-state index contributed by atoms with van der Waals surface area (Å²) in [5, 5.41) is 4.63. The molecule has 0 bridgehead atoms. The second-order valence-corrected chi connectivity index (χ2v) is 4.59. The highest BCUT2D eigenvalue weighted by Gasteiger charge is 2.03. The van der Waals surface area contributed by atoms with Gasteiger partial charge in [-0.2, -0.15) is 0 Å². The number of hydrogen-bond donors (Lipinski definition) is 2. The average Bonchev–Trinajstić information content (AvgIpc) is 3.02. The molecule has 0 aliphatic carbocycles. The number of nitrogens with zero attached hydrogens (tertiary/aromatic N) is 3. The van der Waals surface area contributed by atoms with E-state index >= 15 is 0 Å². The van der Waals surface area contributed by atoms with Crippen molar-refractivity contribution >= 4 is 11.0 Å². The minimum atomic E-state index is 0.843. The Morgan fingerprint density at radius 3 is 3.11 bits per heavy atom. The van der Waals surface area contributed by atoms with Crippen LogP contribution in [-0.2, 0) is 20.0 Å². The van der Waals surface area contributed by atoms with Crippen LogP contribution in [0.15, 0.2) is 36.9 Å². The van der Waals surface area contributed by atoms with E-state index in [0.29, 0.717) is 0 Å². The van der Waals surface area contributed by atoms with Gasteiger partial charge in [0.2, 0.25) is 0 Å². The van der Waals surface area contributed by atoms with Crippen LogP contribution in [0.2, 0.25) is 0 Å². The molecule has 3 rings (SSSR count). The summed E-state index contributed by atoms with van der Waals surface area (Å²) >= 11 is 0. The molecule has 98 valence electrons. The molecule has 3 aromatic heterocycles. The zero-order chi connectivity index (χ0) is 13.1. The quantitative estimate of drug-likeness (QED) is 0.681. The molecular formula is C14H17N5. The molecule has 0 fully saturated rings. The van der Waals surface area contributed by atoms with Crippen LogP contribution < -0.4 is 5.32 Å². The van der Waals surface area contributed by atoms with Gasteiger partial charge in [0, 0.05) is 56.7 Å². The Morgan fingerprint density at radius 2 is 2.26 bits per heavy atom. The lowest BCUT2D eigenvalue weighted by molar-refractivity contribution is 0.657. The molecule has 3 heterocycles. The molecule has 0 aromatic carbocycles. The Bertz CT molecular complexity index is 667. The second-order valence-electron chi connectivity index (χ2n) is 4.59. The first-order chi connectivity index (χ1) is 9.34. The minimum absolute atomic E-state index is 0.843. The third kappa shape index (κ3) is 2.51. The van der Waals surface area contributed by atoms with Crippen molar-refractivity contribution in [3.05, 3.63) is 48.3 Å². The molecule has 0 amide bonds. The van der Waals surface area contributed by atoms with Crippen molar-refractivity contribution in [2.75, 3.05) is 6.54 Å². The second kappa shape index (κ2) is 5.24. The maximum absolute atomic E-state index is 4.31. The fourth-order valence-electron chi connectivity index (χ4n) is 2.22. The van der Waals surface area contributed by atoms with Crippen molar-refractivity contribution in [3.8, 4) is 0 Å². The maximum Gasteiger partial charge on any atom is 0.137 e. The van der Waals surface area contributed by atoms with E-state index in [4.69, 9.17) is 0 Å². The van der Waals surface area contributed by atoms with E-state index in [-0.39, 0.29) is 0 Å². The van der Waals surface area contributed by atoms with Gasteiger partial charge in [0.05, 0.1) is 0 Å². The Balaban J connectivity index is 1.57. The number of fused-ring (bicyclic) bond motifs is 1. The molecule has 0 saturated heterocycles. The summed E-state index contributed by atoms with van der Waals surface area (Å²) in [7, 11) is 2.02. The Kier molecular flexibility index (Phi) is 3.29. The number of hydrogen-bond acceptors (Lipinski definition) is 3. The van der Waals surface area contributed by atoms with Gasteiger partial charge in [0.15, 0.2) is 0 Å². The molecule has 0 radical (unpaired) electrons. The molecule has 0 unspecified atom stereocenters. The van der Waals surface area contributed by atoms with Gasteiger partial charge in [-0.25, -0.2) is 9.97 Å². The highest BCUT2D eigenvalue weighted by atomic mass is 15.0. The first-order valence-corrected chi connectivity index (χ1v) is 6.42. The molecular weight excluding hydrogens is 238 g/mol. The van der Waals surface area contributed by atoms with Crippen LogP contribution in [0.4, 0.5) is 0 Å². The number of rotatable bonds is 5. The van der Waals surface area contributed by atoms with Crippen LogP contribution in [-0.4, -0.2) is 26.1 Å². The Morgan fingerprint density at radius 1 is 1.32 bits per heavy atom. The number of aromatic nitrogens is 4. The third-order valence-corrected chi connectivity index (χ3v) is 3.30. The maximum atomic E-state index is 4.31. The van der Waals surface area contributed by atoms with Gasteiger partial charge in [-0.3, -0.25) is 0 Å². The molecule has 5 nitrogen and oxygen atoms in total. The normalized spacial score (nSPS) is 11.2. The number of nitrogens with one attached hydrogen (secondary N) is 2. The van der Waals surface area contributed by atoms with Crippen molar-refractivity contribution in [1.29, 1.82) is 0 Å². The monoisotopic (exact) mass is 255 g/mol. The van der Waals surface area contributed by atoms with Crippen LogP contribution >= 0.6 is 0 Å². The van der Waals surface area contributed by atoms with Gasteiger partial charge < -0.3 is 14.9 Å². The fraction of sp³-hybridized carbons (Fsp3) is 0.286. The zero-order valence-electron chi connectivity index (χ0n) is 10.9. The first-order valence-electron chi connectivity index (χ1n) is 6.42. The number of aryl methyl sites for hydroxylation is 1. The summed E-state index contributed by atoms with van der Waals surface area (Å²) in [5.74, 6) is 1.10. The van der Waals surface area contributed by atoms with E-state index in [9.17, 15) is 0 Å². The first kappa shape index (κ1) is 11.9. The molecule has 19 heavy (non-hydrogen) atoms. The molecule has 0 aliphatic heterocycles. The van der Waals surface area contributed by atoms with Crippen molar-refractivity contribution in [2.24, 2.45) is 7.05 Å². The Hall–Kier alpha value is -2.14. The van der Waals surface area contributed by atoms with Gasteiger partial charge in [-0.1, -0.05) is 0 Å². The number of aromatic amines is 1. The van der Waals surface area contributed by atoms with E-state index in [2.05, 4.69) is 30.9 Å². The number of imidazole rings is 1. The predicted octanol–water partition coefficient (Wildman–Crippen LogP) is 1.63. The molecule has 5 heteroatoms. The van der Waals surface area contributed by atoms with Crippen LogP contribution in [0.25, 0.3) is 11.0 Å². The summed E-state index contributed by atoms with van der Waals surface area (Å²) in [6, 6.07) is 4.06. The van der Waals surface area contributed by atoms with E-state index < -0.39 is 0 Å². The van der Waals surface area contributed by atoms with Crippen LogP contribution in [0.3, 0.4) is 0 Å². The smallest absolute Gasteiger partial charge is 0.137 e. The lowest BCUT2D eigenvalue weighted by Gasteiger charge is -2.04. The highest BCUT2D eigenvalue weighted by molar-refractivity contribution is 5.79. The van der Waals surface area contributed by atoms with E-state index in [1.54, 1.807) is 6.20 Å². The van der Waals surface area contributed by atoms with Crippen molar-refractivity contribution in [2.45, 2.75) is 13.0 Å². The summed E-state index contributed by atoms with van der Waals surface area (Å²) in [5.41, 5.74) is 2.20. The van der Waals surface area contributed by atoms with E-state index in [1.165, 1.54) is 10.9 Å². The zero-order valence-corrected chi connectivity index (χ0v) is 10.9. The van der Waals surface area contributed by atoms with Crippen LogP contribution in [0, 0.1) is 0 Å². The molecule has 0 aliphatic rings. The van der Waals surface area contributed by atoms with Gasteiger partial charge in [-0.15, -0.1) is 0 Å². The van der Waals surface area contributed by atoms with Gasteiger partial charge in [-0.05, 0) is 17.7 Å². The van der Waals surface area contributed by atoms with Gasteiger partial charge in [0.1, 0.15) is 11.5 Å². The molecule has 2 N–H and O–H groups in total. The highest BCUT2D eigenvalue weighted by Crippen LogP contribution is 2.14. The fourth-order valence-corrected chi connectivity index (χ4v) is 2.22. The summed E-state index contributed by atoms with van der Waals surface area (Å²) in [6.07, 6.45) is 8.56. The standard InChI is InChI=1S/C14H17N5/c1-19-8-7-16-13(19)4-6-15-9-11-10-18-14-12(11)3-2-5-17-14/h2-3,5,7-8,10,15H,4,6,9H2,1H3,(H,17,18). The Labute approximate surface area is 111 Å².